The maximum absolute atomic E-state index is 5.69. The van der Waals surface area contributed by atoms with Gasteiger partial charge in [0, 0.05) is 6.42 Å². The molecule has 74 valence electrons. The Labute approximate surface area is 85.9 Å². The molecule has 0 N–H and O–H groups in total. The summed E-state index contributed by atoms with van der Waals surface area (Å²) in [7, 11) is 6.47. The second-order valence-corrected chi connectivity index (χ2v) is 5.66. The average Bonchev–Trinajstić information content (AvgIpc) is 1.82. The molecule has 0 aliphatic heterocycles. The molecule has 0 bridgehead atoms. The van der Waals surface area contributed by atoms with Crippen molar-refractivity contribution in [2.24, 2.45) is 0 Å². The Morgan fingerprint density at radius 2 is 1.58 bits per heavy atom. The van der Waals surface area contributed by atoms with E-state index in [-0.39, 0.29) is 5.54 Å². The Balaban J connectivity index is 3.93. The minimum atomic E-state index is -0.144. The van der Waals surface area contributed by atoms with Crippen molar-refractivity contribution in [1.82, 2.24) is 3.94 Å². The van der Waals surface area contributed by atoms with Gasteiger partial charge in [-0.05, 0) is 37.4 Å². The lowest BCUT2D eigenvalue weighted by molar-refractivity contribution is -0.871. The fourth-order valence-corrected chi connectivity index (χ4v) is 0.863. The first-order chi connectivity index (χ1) is 5.15. The molecule has 2 nitrogen and oxygen atoms in total. The van der Waals surface area contributed by atoms with Crippen LogP contribution in [0, 0.1) is 0 Å². The van der Waals surface area contributed by atoms with Gasteiger partial charge in [-0.1, -0.05) is 0 Å². The zero-order valence-corrected chi connectivity index (χ0v) is 10.1. The second kappa shape index (κ2) is 4.14. The smallest absolute Gasteiger partial charge is 0.0799 e. The summed E-state index contributed by atoms with van der Waals surface area (Å²) in [4.78, 5) is 0. The SMILES string of the molecule is CC(C)(CC[N+](C)(C)C)N(Cl)Cl. The first kappa shape index (κ1) is 12.5. The van der Waals surface area contributed by atoms with Crippen LogP contribution < -0.4 is 0 Å². The van der Waals surface area contributed by atoms with Gasteiger partial charge in [-0.25, -0.2) is 0 Å². The van der Waals surface area contributed by atoms with Gasteiger partial charge in [0.1, 0.15) is 0 Å². The maximum atomic E-state index is 5.69. The number of nitrogens with zero attached hydrogens (tertiary/aromatic N) is 2. The van der Waals surface area contributed by atoms with Crippen LogP contribution in [0.15, 0.2) is 0 Å². The topological polar surface area (TPSA) is 3.24 Å². The van der Waals surface area contributed by atoms with E-state index in [1.807, 2.05) is 13.8 Å². The van der Waals surface area contributed by atoms with Crippen molar-refractivity contribution in [1.29, 1.82) is 0 Å². The lowest BCUT2D eigenvalue weighted by Gasteiger charge is -2.32. The largest absolute Gasteiger partial charge is 0.331 e. The van der Waals surface area contributed by atoms with Gasteiger partial charge in [-0.3, -0.25) is 0 Å². The highest BCUT2D eigenvalue weighted by atomic mass is 35.5. The van der Waals surface area contributed by atoms with E-state index in [4.69, 9.17) is 23.6 Å². The van der Waals surface area contributed by atoms with Crippen molar-refractivity contribution >= 4 is 23.6 Å². The second-order valence-electron chi connectivity index (χ2n) is 4.81. The Morgan fingerprint density at radius 3 is 1.83 bits per heavy atom. The lowest BCUT2D eigenvalue weighted by atomic mass is 10.0. The molecular formula is C8H19Cl2N2+. The Hall–Kier alpha value is 0.500. The molecule has 4 heteroatoms. The van der Waals surface area contributed by atoms with Crippen LogP contribution in [0.2, 0.25) is 0 Å². The van der Waals surface area contributed by atoms with E-state index < -0.39 is 0 Å². The Kier molecular flexibility index (Phi) is 4.31. The van der Waals surface area contributed by atoms with Crippen molar-refractivity contribution in [3.05, 3.63) is 0 Å². The molecule has 0 aliphatic rings. The molecular weight excluding hydrogens is 195 g/mol. The van der Waals surface area contributed by atoms with Gasteiger partial charge in [0.05, 0.1) is 33.2 Å². The van der Waals surface area contributed by atoms with Crippen LogP contribution in [-0.2, 0) is 0 Å². The number of quaternary nitrogens is 1. The summed E-state index contributed by atoms with van der Waals surface area (Å²) >= 11 is 11.4. The number of hydrogen-bond donors (Lipinski definition) is 0. The van der Waals surface area contributed by atoms with E-state index in [1.165, 1.54) is 3.94 Å². The van der Waals surface area contributed by atoms with E-state index in [2.05, 4.69) is 21.1 Å². The molecule has 0 rings (SSSR count). The molecule has 0 aliphatic carbocycles. The first-order valence-corrected chi connectivity index (χ1v) is 4.75. The van der Waals surface area contributed by atoms with Crippen LogP contribution in [0.3, 0.4) is 0 Å². The Bertz CT molecular complexity index is 138. The van der Waals surface area contributed by atoms with Gasteiger partial charge in [0.2, 0.25) is 0 Å². The fraction of sp³-hybridized carbons (Fsp3) is 1.00. The van der Waals surface area contributed by atoms with Crippen molar-refractivity contribution in [3.8, 4) is 0 Å². The summed E-state index contributed by atoms with van der Waals surface area (Å²) < 4.78 is 2.17. The number of rotatable bonds is 4. The van der Waals surface area contributed by atoms with E-state index in [9.17, 15) is 0 Å². The van der Waals surface area contributed by atoms with E-state index in [1.54, 1.807) is 0 Å². The average molecular weight is 214 g/mol. The molecule has 0 unspecified atom stereocenters. The van der Waals surface area contributed by atoms with Crippen molar-refractivity contribution in [2.75, 3.05) is 27.7 Å². The number of halogens is 2. The van der Waals surface area contributed by atoms with E-state index >= 15 is 0 Å². The molecule has 0 saturated carbocycles. The van der Waals surface area contributed by atoms with Crippen LogP contribution in [-0.4, -0.2) is 41.6 Å². The molecule has 0 spiro atoms. The van der Waals surface area contributed by atoms with Gasteiger partial charge >= 0.3 is 0 Å². The summed E-state index contributed by atoms with van der Waals surface area (Å²) in [6.45, 7) is 5.12. The molecule has 0 radical (unpaired) electrons. The maximum Gasteiger partial charge on any atom is 0.0799 e. The zero-order chi connectivity index (χ0) is 9.99. The predicted molar refractivity (Wildman–Crippen MR) is 55.1 cm³/mol. The van der Waals surface area contributed by atoms with Crippen LogP contribution in [0.4, 0.5) is 0 Å². The van der Waals surface area contributed by atoms with Crippen LogP contribution >= 0.6 is 23.6 Å². The lowest BCUT2D eigenvalue weighted by Crippen LogP contribution is -2.41. The highest BCUT2D eigenvalue weighted by Gasteiger charge is 2.26. The highest BCUT2D eigenvalue weighted by Crippen LogP contribution is 2.23. The summed E-state index contributed by atoms with van der Waals surface area (Å²) in [5.74, 6) is 0. The van der Waals surface area contributed by atoms with Crippen LogP contribution in [0.1, 0.15) is 20.3 Å². The predicted octanol–water partition coefficient (Wildman–Crippen LogP) is 2.47. The summed E-state index contributed by atoms with van der Waals surface area (Å²) in [5, 5.41) is 0. The van der Waals surface area contributed by atoms with Gasteiger partial charge in [-0.15, -0.1) is 3.94 Å². The molecule has 0 amide bonds. The molecule has 0 aromatic carbocycles. The van der Waals surface area contributed by atoms with E-state index in [0.717, 1.165) is 17.4 Å². The molecule has 12 heavy (non-hydrogen) atoms. The Morgan fingerprint density at radius 1 is 1.17 bits per heavy atom. The van der Waals surface area contributed by atoms with Gasteiger partial charge in [-0.2, -0.15) is 0 Å². The quantitative estimate of drug-likeness (QED) is 0.513. The summed E-state index contributed by atoms with van der Waals surface area (Å²) in [6, 6.07) is 0. The van der Waals surface area contributed by atoms with Crippen LogP contribution in [0.5, 0.6) is 0 Å². The zero-order valence-electron chi connectivity index (χ0n) is 8.56. The monoisotopic (exact) mass is 213 g/mol. The molecule has 0 saturated heterocycles. The highest BCUT2D eigenvalue weighted by molar-refractivity contribution is 6.34. The molecule has 0 aromatic rings. The third kappa shape index (κ3) is 5.20. The van der Waals surface area contributed by atoms with Gasteiger partial charge in [0.25, 0.3) is 0 Å². The molecule has 0 fully saturated rings. The van der Waals surface area contributed by atoms with Gasteiger partial charge < -0.3 is 4.48 Å². The van der Waals surface area contributed by atoms with Gasteiger partial charge in [0.15, 0.2) is 0 Å². The van der Waals surface area contributed by atoms with Crippen molar-refractivity contribution < 1.29 is 4.48 Å². The van der Waals surface area contributed by atoms with Crippen molar-refractivity contribution in [2.45, 2.75) is 25.8 Å². The summed E-state index contributed by atoms with van der Waals surface area (Å²) in [5.41, 5.74) is -0.144. The van der Waals surface area contributed by atoms with E-state index in [0.29, 0.717) is 0 Å². The third-order valence-corrected chi connectivity index (χ3v) is 2.77. The van der Waals surface area contributed by atoms with Crippen LogP contribution in [0.25, 0.3) is 0 Å². The normalized spacial score (nSPS) is 14.0. The minimum absolute atomic E-state index is 0.144. The first-order valence-electron chi connectivity index (χ1n) is 4.07. The number of hydrogen-bond acceptors (Lipinski definition) is 1. The standard InChI is InChI=1S/C8H19Cl2N2/c1-8(2,11(9)10)6-7-12(3,4)5/h6-7H2,1-5H3/q+1. The minimum Gasteiger partial charge on any atom is -0.331 e. The molecule has 0 atom stereocenters. The summed E-state index contributed by atoms with van der Waals surface area (Å²) in [6.07, 6.45) is 0.976. The molecule has 0 heterocycles. The van der Waals surface area contributed by atoms with Crippen molar-refractivity contribution in [3.63, 3.8) is 0 Å². The third-order valence-electron chi connectivity index (χ3n) is 1.85. The molecule has 0 aromatic heterocycles. The fourth-order valence-electron chi connectivity index (χ4n) is 0.694.